The van der Waals surface area contributed by atoms with E-state index >= 15 is 0 Å². The average Bonchev–Trinajstić information content (AvgIpc) is 2.98. The zero-order valence-electron chi connectivity index (χ0n) is 14.3. The van der Waals surface area contributed by atoms with Crippen LogP contribution < -0.4 is 5.32 Å². The molecule has 5 nitrogen and oxygen atoms in total. The standard InChI is InChI=1S/C18H24N4OS/c1-3-22(4-2)18(23)20-17-19-15-10-11-21(13-16(15)24-17)12-14-8-6-5-7-9-14/h5-9H,3-4,10-13H2,1-2H3,(H,19,20,23). The maximum absolute atomic E-state index is 12.2. The van der Waals surface area contributed by atoms with Gasteiger partial charge in [0.1, 0.15) is 0 Å². The molecular formula is C18H24N4OS. The molecule has 0 spiro atoms. The van der Waals surface area contributed by atoms with Gasteiger partial charge >= 0.3 is 6.03 Å². The summed E-state index contributed by atoms with van der Waals surface area (Å²) >= 11 is 1.60. The van der Waals surface area contributed by atoms with Gasteiger partial charge in [-0.15, -0.1) is 11.3 Å². The number of fused-ring (bicyclic) bond motifs is 1. The van der Waals surface area contributed by atoms with Gasteiger partial charge in [0.15, 0.2) is 5.13 Å². The van der Waals surface area contributed by atoms with Crippen molar-refractivity contribution in [1.29, 1.82) is 0 Å². The molecule has 1 N–H and O–H groups in total. The molecule has 0 fully saturated rings. The maximum atomic E-state index is 12.2. The highest BCUT2D eigenvalue weighted by Gasteiger charge is 2.22. The summed E-state index contributed by atoms with van der Waals surface area (Å²) in [5.41, 5.74) is 2.47. The van der Waals surface area contributed by atoms with E-state index in [9.17, 15) is 4.79 Å². The molecular weight excluding hydrogens is 320 g/mol. The SMILES string of the molecule is CCN(CC)C(=O)Nc1nc2c(s1)CN(Cc1ccccc1)CC2. The van der Waals surface area contributed by atoms with E-state index in [1.54, 1.807) is 16.2 Å². The van der Waals surface area contributed by atoms with Crippen LogP contribution in [0.1, 0.15) is 30.0 Å². The zero-order chi connectivity index (χ0) is 16.9. The largest absolute Gasteiger partial charge is 0.325 e. The number of nitrogens with one attached hydrogen (secondary N) is 1. The Kier molecular flexibility index (Phi) is 5.48. The Bertz CT molecular complexity index is 682. The first-order chi connectivity index (χ1) is 11.7. The summed E-state index contributed by atoms with van der Waals surface area (Å²) in [7, 11) is 0. The molecule has 0 atom stereocenters. The summed E-state index contributed by atoms with van der Waals surface area (Å²) in [6.07, 6.45) is 0.944. The third-order valence-corrected chi connectivity index (χ3v) is 5.32. The summed E-state index contributed by atoms with van der Waals surface area (Å²) in [5.74, 6) is 0. The van der Waals surface area contributed by atoms with Crippen molar-refractivity contribution in [2.45, 2.75) is 33.4 Å². The van der Waals surface area contributed by atoms with Gasteiger partial charge in [-0.1, -0.05) is 30.3 Å². The van der Waals surface area contributed by atoms with Gasteiger partial charge in [0, 0.05) is 44.0 Å². The van der Waals surface area contributed by atoms with Crippen LogP contribution in [0.15, 0.2) is 30.3 Å². The van der Waals surface area contributed by atoms with Crippen LogP contribution in [0.3, 0.4) is 0 Å². The fraction of sp³-hybridized carbons (Fsp3) is 0.444. The monoisotopic (exact) mass is 344 g/mol. The molecule has 2 heterocycles. The molecule has 0 saturated heterocycles. The molecule has 0 aliphatic carbocycles. The zero-order valence-corrected chi connectivity index (χ0v) is 15.1. The number of hydrogen-bond acceptors (Lipinski definition) is 4. The average molecular weight is 344 g/mol. The highest BCUT2D eigenvalue weighted by molar-refractivity contribution is 7.15. The summed E-state index contributed by atoms with van der Waals surface area (Å²) < 4.78 is 0. The van der Waals surface area contributed by atoms with E-state index < -0.39 is 0 Å². The van der Waals surface area contributed by atoms with Gasteiger partial charge in [0.05, 0.1) is 5.69 Å². The first kappa shape index (κ1) is 16.9. The lowest BCUT2D eigenvalue weighted by Crippen LogP contribution is -2.34. The van der Waals surface area contributed by atoms with E-state index in [0.717, 1.165) is 36.9 Å². The van der Waals surface area contributed by atoms with E-state index in [2.05, 4.69) is 39.5 Å². The van der Waals surface area contributed by atoms with Crippen LogP contribution in [0.2, 0.25) is 0 Å². The van der Waals surface area contributed by atoms with Gasteiger partial charge in [0.2, 0.25) is 0 Å². The molecule has 128 valence electrons. The Labute approximate surface area is 147 Å². The van der Waals surface area contributed by atoms with Gasteiger partial charge < -0.3 is 4.90 Å². The Morgan fingerprint density at radius 3 is 2.75 bits per heavy atom. The molecule has 2 amide bonds. The first-order valence-electron chi connectivity index (χ1n) is 8.50. The molecule has 0 bridgehead atoms. The number of rotatable bonds is 5. The van der Waals surface area contributed by atoms with Crippen molar-refractivity contribution in [3.63, 3.8) is 0 Å². The molecule has 0 radical (unpaired) electrons. The van der Waals surface area contributed by atoms with E-state index in [1.165, 1.54) is 10.4 Å². The van der Waals surface area contributed by atoms with Gasteiger partial charge in [0.25, 0.3) is 0 Å². The van der Waals surface area contributed by atoms with Crippen molar-refractivity contribution in [2.24, 2.45) is 0 Å². The molecule has 0 unspecified atom stereocenters. The van der Waals surface area contributed by atoms with E-state index in [0.29, 0.717) is 13.1 Å². The summed E-state index contributed by atoms with van der Waals surface area (Å²) in [4.78, 5) is 22.3. The third-order valence-electron chi connectivity index (χ3n) is 4.32. The van der Waals surface area contributed by atoms with Gasteiger partial charge in [-0.3, -0.25) is 10.2 Å². The van der Waals surface area contributed by atoms with E-state index in [1.807, 2.05) is 19.9 Å². The Morgan fingerprint density at radius 2 is 2.04 bits per heavy atom. The van der Waals surface area contributed by atoms with Crippen molar-refractivity contribution in [3.05, 3.63) is 46.5 Å². The van der Waals surface area contributed by atoms with Crippen molar-refractivity contribution < 1.29 is 4.79 Å². The van der Waals surface area contributed by atoms with Crippen LogP contribution in [0.25, 0.3) is 0 Å². The first-order valence-corrected chi connectivity index (χ1v) is 9.32. The van der Waals surface area contributed by atoms with Crippen molar-refractivity contribution in [1.82, 2.24) is 14.8 Å². The van der Waals surface area contributed by atoms with Crippen molar-refractivity contribution >= 4 is 22.5 Å². The van der Waals surface area contributed by atoms with Gasteiger partial charge in [-0.25, -0.2) is 9.78 Å². The van der Waals surface area contributed by atoms with E-state index in [-0.39, 0.29) is 6.03 Å². The molecule has 1 aliphatic heterocycles. The number of carbonyl (C=O) groups is 1. The molecule has 1 aromatic heterocycles. The second-order valence-corrected chi connectivity index (χ2v) is 7.02. The highest BCUT2D eigenvalue weighted by atomic mass is 32.1. The number of nitrogens with zero attached hydrogens (tertiary/aromatic N) is 3. The van der Waals surface area contributed by atoms with E-state index in [4.69, 9.17) is 0 Å². The van der Waals surface area contributed by atoms with Crippen molar-refractivity contribution in [3.8, 4) is 0 Å². The lowest BCUT2D eigenvalue weighted by atomic mass is 10.1. The number of anilines is 1. The molecule has 1 aromatic carbocycles. The van der Waals surface area contributed by atoms with Crippen LogP contribution in [0.5, 0.6) is 0 Å². The predicted octanol–water partition coefficient (Wildman–Crippen LogP) is 3.58. The van der Waals surface area contributed by atoms with Gasteiger partial charge in [-0.2, -0.15) is 0 Å². The molecule has 2 aromatic rings. The van der Waals surface area contributed by atoms with Crippen LogP contribution >= 0.6 is 11.3 Å². The Morgan fingerprint density at radius 1 is 1.29 bits per heavy atom. The molecule has 0 saturated carbocycles. The lowest BCUT2D eigenvalue weighted by Gasteiger charge is -2.25. The number of carbonyl (C=O) groups excluding carboxylic acids is 1. The normalized spacial score (nSPS) is 14.2. The lowest BCUT2D eigenvalue weighted by molar-refractivity contribution is 0.217. The van der Waals surface area contributed by atoms with Crippen LogP contribution in [0.4, 0.5) is 9.93 Å². The summed E-state index contributed by atoms with van der Waals surface area (Å²) in [6.45, 7) is 8.25. The fourth-order valence-electron chi connectivity index (χ4n) is 2.96. The predicted molar refractivity (Wildman–Crippen MR) is 98.3 cm³/mol. The quantitative estimate of drug-likeness (QED) is 0.902. The smallest absolute Gasteiger partial charge is 0.323 e. The molecule has 24 heavy (non-hydrogen) atoms. The summed E-state index contributed by atoms with van der Waals surface area (Å²) in [6, 6.07) is 10.5. The number of benzene rings is 1. The third kappa shape index (κ3) is 3.94. The van der Waals surface area contributed by atoms with Gasteiger partial charge in [-0.05, 0) is 19.4 Å². The Balaban J connectivity index is 1.63. The van der Waals surface area contributed by atoms with Crippen LogP contribution in [-0.4, -0.2) is 40.4 Å². The maximum Gasteiger partial charge on any atom is 0.323 e. The second-order valence-electron chi connectivity index (χ2n) is 5.94. The fourth-order valence-corrected chi connectivity index (χ4v) is 4.00. The number of urea groups is 1. The number of aromatic nitrogens is 1. The Hall–Kier alpha value is -1.92. The minimum absolute atomic E-state index is 0.0627. The number of amides is 2. The van der Waals surface area contributed by atoms with Crippen molar-refractivity contribution in [2.75, 3.05) is 25.0 Å². The topological polar surface area (TPSA) is 48.5 Å². The minimum atomic E-state index is -0.0627. The molecule has 3 rings (SSSR count). The molecule has 1 aliphatic rings. The second kappa shape index (κ2) is 7.77. The van der Waals surface area contributed by atoms with Crippen LogP contribution in [0, 0.1) is 0 Å². The highest BCUT2D eigenvalue weighted by Crippen LogP contribution is 2.29. The molecule has 6 heteroatoms. The summed E-state index contributed by atoms with van der Waals surface area (Å²) in [5, 5.41) is 3.66. The van der Waals surface area contributed by atoms with Crippen LogP contribution in [-0.2, 0) is 19.5 Å². The number of hydrogen-bond donors (Lipinski definition) is 1. The number of thiazole rings is 1. The minimum Gasteiger partial charge on any atom is -0.325 e.